The number of hydrogen-bond acceptors (Lipinski definition) is 4. The van der Waals surface area contributed by atoms with Crippen LogP contribution in [0.1, 0.15) is 24.9 Å². The highest BCUT2D eigenvalue weighted by Gasteiger charge is 2.15. The van der Waals surface area contributed by atoms with Gasteiger partial charge in [0.1, 0.15) is 0 Å². The van der Waals surface area contributed by atoms with E-state index in [0.717, 1.165) is 28.6 Å². The van der Waals surface area contributed by atoms with E-state index in [1.165, 1.54) is 6.42 Å². The van der Waals surface area contributed by atoms with Crippen molar-refractivity contribution in [3.63, 3.8) is 0 Å². The van der Waals surface area contributed by atoms with Crippen molar-refractivity contribution in [1.29, 1.82) is 0 Å². The first-order valence-electron chi connectivity index (χ1n) is 5.54. The fourth-order valence-corrected chi connectivity index (χ4v) is 2.50. The molecule has 1 atom stereocenters. The van der Waals surface area contributed by atoms with E-state index in [0.29, 0.717) is 6.79 Å². The Morgan fingerprint density at radius 1 is 1.38 bits per heavy atom. The van der Waals surface area contributed by atoms with Crippen molar-refractivity contribution in [2.75, 3.05) is 18.3 Å². The van der Waals surface area contributed by atoms with Gasteiger partial charge >= 0.3 is 0 Å². The van der Waals surface area contributed by atoms with Crippen LogP contribution in [0.2, 0.25) is 0 Å². The number of rotatable bonds is 5. The third kappa shape index (κ3) is 2.62. The van der Waals surface area contributed by atoms with Gasteiger partial charge in [0.05, 0.1) is 0 Å². The molecule has 88 valence electrons. The van der Waals surface area contributed by atoms with Crippen LogP contribution in [0.5, 0.6) is 11.5 Å². The van der Waals surface area contributed by atoms with E-state index in [2.05, 4.69) is 6.92 Å². The van der Waals surface area contributed by atoms with Crippen LogP contribution in [0, 0.1) is 0 Å². The maximum absolute atomic E-state index is 6.11. The Bertz CT molecular complexity index is 357. The quantitative estimate of drug-likeness (QED) is 0.802. The van der Waals surface area contributed by atoms with Gasteiger partial charge in [-0.05, 0) is 29.9 Å². The molecule has 1 aromatic carbocycles. The van der Waals surface area contributed by atoms with Crippen molar-refractivity contribution in [2.45, 2.75) is 19.4 Å². The van der Waals surface area contributed by atoms with Crippen LogP contribution in [0.15, 0.2) is 18.2 Å². The van der Waals surface area contributed by atoms with Crippen LogP contribution < -0.4 is 15.2 Å². The van der Waals surface area contributed by atoms with Gasteiger partial charge in [-0.2, -0.15) is 11.8 Å². The molecule has 1 heterocycles. The van der Waals surface area contributed by atoms with Crippen LogP contribution >= 0.6 is 11.8 Å². The second-order valence-electron chi connectivity index (χ2n) is 3.79. The summed E-state index contributed by atoms with van der Waals surface area (Å²) in [5.74, 6) is 3.75. The lowest BCUT2D eigenvalue weighted by molar-refractivity contribution is 0.174. The zero-order chi connectivity index (χ0) is 11.4. The van der Waals surface area contributed by atoms with E-state index in [1.54, 1.807) is 0 Å². The van der Waals surface area contributed by atoms with Gasteiger partial charge in [-0.1, -0.05) is 13.0 Å². The number of benzene rings is 1. The molecule has 0 radical (unpaired) electrons. The van der Waals surface area contributed by atoms with Crippen molar-refractivity contribution in [3.05, 3.63) is 23.8 Å². The normalized spacial score (nSPS) is 15.1. The summed E-state index contributed by atoms with van der Waals surface area (Å²) in [5, 5.41) is 0. The molecule has 0 saturated carbocycles. The zero-order valence-corrected chi connectivity index (χ0v) is 10.3. The van der Waals surface area contributed by atoms with E-state index >= 15 is 0 Å². The van der Waals surface area contributed by atoms with Gasteiger partial charge in [0, 0.05) is 11.8 Å². The smallest absolute Gasteiger partial charge is 0.231 e. The minimum Gasteiger partial charge on any atom is -0.454 e. The first kappa shape index (κ1) is 11.6. The predicted octanol–water partition coefficient (Wildman–Crippen LogP) is 2.56. The van der Waals surface area contributed by atoms with Crippen LogP contribution in [0.25, 0.3) is 0 Å². The van der Waals surface area contributed by atoms with Crippen molar-refractivity contribution in [2.24, 2.45) is 5.73 Å². The van der Waals surface area contributed by atoms with Crippen molar-refractivity contribution >= 4 is 11.8 Å². The van der Waals surface area contributed by atoms with Crippen LogP contribution in [0.4, 0.5) is 0 Å². The fraction of sp³-hybridized carbons (Fsp3) is 0.500. The number of ether oxygens (including phenoxy) is 2. The maximum Gasteiger partial charge on any atom is 0.231 e. The summed E-state index contributed by atoms with van der Waals surface area (Å²) in [7, 11) is 0. The Balaban J connectivity index is 1.98. The number of hydrogen-bond donors (Lipinski definition) is 1. The average molecular weight is 239 g/mol. The Hall–Kier alpha value is -0.870. The zero-order valence-electron chi connectivity index (χ0n) is 9.44. The van der Waals surface area contributed by atoms with E-state index in [4.69, 9.17) is 15.2 Å². The van der Waals surface area contributed by atoms with E-state index < -0.39 is 0 Å². The third-order valence-corrected chi connectivity index (χ3v) is 3.76. The standard InChI is InChI=1S/C12H17NO2S/c1-2-5-16-7-10(13)9-3-4-11-12(6-9)15-8-14-11/h3-4,6,10H,2,5,7-8,13H2,1H3. The summed E-state index contributed by atoms with van der Waals surface area (Å²) in [6, 6.07) is 6.01. The molecule has 16 heavy (non-hydrogen) atoms. The minimum atomic E-state index is 0.0750. The Labute approximate surface area is 100 Å². The summed E-state index contributed by atoms with van der Waals surface area (Å²) in [6.07, 6.45) is 1.19. The van der Waals surface area contributed by atoms with Crippen LogP contribution in [-0.4, -0.2) is 18.3 Å². The fourth-order valence-electron chi connectivity index (χ4n) is 1.59. The molecule has 1 aliphatic rings. The molecular formula is C12H17NO2S. The largest absolute Gasteiger partial charge is 0.454 e. The molecule has 1 aliphatic heterocycles. The van der Waals surface area contributed by atoms with Crippen LogP contribution in [0.3, 0.4) is 0 Å². The lowest BCUT2D eigenvalue weighted by atomic mass is 10.1. The summed E-state index contributed by atoms with van der Waals surface area (Å²) >= 11 is 1.89. The number of thioether (sulfide) groups is 1. The van der Waals surface area contributed by atoms with Crippen molar-refractivity contribution in [3.8, 4) is 11.5 Å². The summed E-state index contributed by atoms with van der Waals surface area (Å²) in [6.45, 7) is 2.50. The molecule has 1 aromatic rings. The van der Waals surface area contributed by atoms with Gasteiger partial charge in [0.2, 0.25) is 6.79 Å². The molecule has 0 amide bonds. The van der Waals surface area contributed by atoms with Gasteiger partial charge in [-0.15, -0.1) is 0 Å². The molecule has 0 bridgehead atoms. The molecule has 0 aliphatic carbocycles. The lowest BCUT2D eigenvalue weighted by Gasteiger charge is -2.11. The van der Waals surface area contributed by atoms with Gasteiger partial charge in [-0.3, -0.25) is 0 Å². The van der Waals surface area contributed by atoms with E-state index in [9.17, 15) is 0 Å². The van der Waals surface area contributed by atoms with E-state index in [1.807, 2.05) is 30.0 Å². The monoisotopic (exact) mass is 239 g/mol. The molecule has 4 heteroatoms. The van der Waals surface area contributed by atoms with Gasteiger partial charge in [0.25, 0.3) is 0 Å². The first-order chi connectivity index (χ1) is 7.81. The van der Waals surface area contributed by atoms with Crippen LogP contribution in [-0.2, 0) is 0 Å². The summed E-state index contributed by atoms with van der Waals surface area (Å²) in [4.78, 5) is 0. The Morgan fingerprint density at radius 3 is 3.00 bits per heavy atom. The molecular weight excluding hydrogens is 222 g/mol. The van der Waals surface area contributed by atoms with Crippen molar-refractivity contribution < 1.29 is 9.47 Å². The Morgan fingerprint density at radius 2 is 2.19 bits per heavy atom. The highest BCUT2D eigenvalue weighted by atomic mass is 32.2. The van der Waals surface area contributed by atoms with Gasteiger partial charge in [0.15, 0.2) is 11.5 Å². The number of fused-ring (bicyclic) bond motifs is 1. The predicted molar refractivity (Wildman–Crippen MR) is 67.1 cm³/mol. The molecule has 0 spiro atoms. The average Bonchev–Trinajstić information content (AvgIpc) is 2.76. The number of nitrogens with two attached hydrogens (primary N) is 1. The topological polar surface area (TPSA) is 44.5 Å². The minimum absolute atomic E-state index is 0.0750. The SMILES string of the molecule is CCCSCC(N)c1ccc2c(c1)OCO2. The molecule has 0 saturated heterocycles. The molecule has 1 unspecified atom stereocenters. The van der Waals surface area contributed by atoms with Gasteiger partial charge < -0.3 is 15.2 Å². The molecule has 2 rings (SSSR count). The summed E-state index contributed by atoms with van der Waals surface area (Å²) < 4.78 is 10.6. The lowest BCUT2D eigenvalue weighted by Crippen LogP contribution is -2.13. The molecule has 0 aromatic heterocycles. The highest BCUT2D eigenvalue weighted by molar-refractivity contribution is 7.99. The third-order valence-electron chi connectivity index (χ3n) is 2.47. The molecule has 3 nitrogen and oxygen atoms in total. The first-order valence-corrected chi connectivity index (χ1v) is 6.69. The second kappa shape index (κ2) is 5.46. The van der Waals surface area contributed by atoms with Crippen molar-refractivity contribution in [1.82, 2.24) is 0 Å². The second-order valence-corrected chi connectivity index (χ2v) is 4.94. The van der Waals surface area contributed by atoms with Gasteiger partial charge in [-0.25, -0.2) is 0 Å². The Kier molecular flexibility index (Phi) is 3.96. The molecule has 2 N–H and O–H groups in total. The highest BCUT2D eigenvalue weighted by Crippen LogP contribution is 2.34. The van der Waals surface area contributed by atoms with E-state index in [-0.39, 0.29) is 6.04 Å². The molecule has 0 fully saturated rings. The summed E-state index contributed by atoms with van der Waals surface area (Å²) in [5.41, 5.74) is 7.23. The maximum atomic E-state index is 6.11.